The molecule has 142 valence electrons. The molecular weight excluding hydrogens is 376 g/mol. The molecule has 9 heteroatoms. The van der Waals surface area contributed by atoms with E-state index in [2.05, 4.69) is 36.9 Å². The van der Waals surface area contributed by atoms with Gasteiger partial charge in [0.25, 0.3) is 5.91 Å². The summed E-state index contributed by atoms with van der Waals surface area (Å²) in [5, 5.41) is 24.7. The lowest BCUT2D eigenvalue weighted by atomic mass is 10.1. The number of anilines is 2. The van der Waals surface area contributed by atoms with Gasteiger partial charge in [0.05, 0.1) is 18.2 Å². The normalized spacial score (nSPS) is 12.0. The van der Waals surface area contributed by atoms with E-state index in [1.165, 1.54) is 17.5 Å². The fraction of sp³-hybridized carbons (Fsp3) is 0.158. The van der Waals surface area contributed by atoms with Crippen molar-refractivity contribution in [3.05, 3.63) is 65.4 Å². The third-order valence-electron chi connectivity index (χ3n) is 4.32. The van der Waals surface area contributed by atoms with Crippen molar-refractivity contribution >= 4 is 39.1 Å². The zero-order chi connectivity index (χ0) is 19.3. The maximum atomic E-state index is 12.2. The van der Waals surface area contributed by atoms with E-state index in [-0.39, 0.29) is 18.6 Å². The lowest BCUT2D eigenvalue weighted by Crippen LogP contribution is -2.26. The van der Waals surface area contributed by atoms with Crippen LogP contribution in [0.2, 0.25) is 0 Å². The van der Waals surface area contributed by atoms with Crippen LogP contribution in [0.3, 0.4) is 0 Å². The van der Waals surface area contributed by atoms with Gasteiger partial charge >= 0.3 is 0 Å². The van der Waals surface area contributed by atoms with Crippen LogP contribution in [0, 0.1) is 0 Å². The Balaban J connectivity index is 1.41. The first-order chi connectivity index (χ1) is 13.7. The molecule has 4 N–H and O–H groups in total. The number of H-pyrrole nitrogens is 1. The Kier molecular flexibility index (Phi) is 5.27. The van der Waals surface area contributed by atoms with Crippen molar-refractivity contribution in [2.24, 2.45) is 0 Å². The summed E-state index contributed by atoms with van der Waals surface area (Å²) in [6, 6.07) is 11.2. The summed E-state index contributed by atoms with van der Waals surface area (Å²) in [6.07, 6.45) is 4.09. The molecular formula is C19H18N6O2S. The fourth-order valence-electron chi connectivity index (χ4n) is 2.95. The number of hydrogen-bond donors (Lipinski definition) is 4. The minimum atomic E-state index is -0.298. The number of fused-ring (bicyclic) bond motifs is 1. The number of nitrogens with zero attached hydrogens (tertiary/aromatic N) is 3. The minimum Gasteiger partial charge on any atom is -0.394 e. The molecule has 0 fully saturated rings. The van der Waals surface area contributed by atoms with Crippen LogP contribution in [0.5, 0.6) is 0 Å². The highest BCUT2D eigenvalue weighted by atomic mass is 32.1. The number of hydrogen-bond acceptors (Lipinski definition) is 7. The molecule has 0 bridgehead atoms. The van der Waals surface area contributed by atoms with Crippen molar-refractivity contribution in [3.8, 4) is 0 Å². The zero-order valence-corrected chi connectivity index (χ0v) is 15.6. The van der Waals surface area contributed by atoms with Crippen LogP contribution >= 0.6 is 11.3 Å². The monoisotopic (exact) mass is 394 g/mol. The standard InChI is InChI=1S/C19H18N6O2S/c26-10-14(7-13-9-20-16-4-2-1-3-15(13)16)23-17-6-5-12(8-21-17)18(27)24-19-25-22-11-28-19/h1-6,8-9,11,14,20,26H,7,10H2,(H,21,23)(H,24,25,27). The van der Waals surface area contributed by atoms with Crippen LogP contribution < -0.4 is 10.6 Å². The topological polar surface area (TPSA) is 116 Å². The minimum absolute atomic E-state index is 0.0412. The van der Waals surface area contributed by atoms with E-state index in [1.807, 2.05) is 24.4 Å². The van der Waals surface area contributed by atoms with Gasteiger partial charge in [-0.15, -0.1) is 10.2 Å². The molecule has 1 atom stereocenters. The maximum Gasteiger partial charge on any atom is 0.259 e. The van der Waals surface area contributed by atoms with Gasteiger partial charge in [0.15, 0.2) is 0 Å². The Morgan fingerprint density at radius 1 is 1.25 bits per heavy atom. The molecule has 0 spiro atoms. The average molecular weight is 394 g/mol. The summed E-state index contributed by atoms with van der Waals surface area (Å²) in [6.45, 7) is -0.0412. The summed E-state index contributed by atoms with van der Waals surface area (Å²) < 4.78 is 0. The number of benzene rings is 1. The van der Waals surface area contributed by atoms with Crippen molar-refractivity contribution < 1.29 is 9.90 Å². The van der Waals surface area contributed by atoms with Gasteiger partial charge in [-0.3, -0.25) is 10.1 Å². The van der Waals surface area contributed by atoms with Crippen molar-refractivity contribution in [2.45, 2.75) is 12.5 Å². The molecule has 1 amide bonds. The van der Waals surface area contributed by atoms with Gasteiger partial charge in [-0.1, -0.05) is 29.5 Å². The van der Waals surface area contributed by atoms with Crippen LogP contribution in [0.15, 0.2) is 54.3 Å². The van der Waals surface area contributed by atoms with E-state index in [4.69, 9.17) is 0 Å². The molecule has 3 aromatic heterocycles. The molecule has 4 rings (SSSR count). The summed E-state index contributed by atoms with van der Waals surface area (Å²) in [5.74, 6) is 0.291. The van der Waals surface area contributed by atoms with E-state index in [1.54, 1.807) is 17.6 Å². The van der Waals surface area contributed by atoms with Gasteiger partial charge < -0.3 is 15.4 Å². The number of aromatic amines is 1. The van der Waals surface area contributed by atoms with Crippen molar-refractivity contribution in [3.63, 3.8) is 0 Å². The van der Waals surface area contributed by atoms with E-state index in [9.17, 15) is 9.90 Å². The first kappa shape index (κ1) is 18.1. The third kappa shape index (κ3) is 4.00. The number of aromatic nitrogens is 4. The van der Waals surface area contributed by atoms with Gasteiger partial charge in [0.1, 0.15) is 11.3 Å². The maximum absolute atomic E-state index is 12.2. The van der Waals surface area contributed by atoms with Crippen LogP contribution in [-0.2, 0) is 6.42 Å². The predicted molar refractivity (Wildman–Crippen MR) is 109 cm³/mol. The largest absolute Gasteiger partial charge is 0.394 e. The number of carbonyl (C=O) groups excluding carboxylic acids is 1. The SMILES string of the molecule is O=C(Nc1nncs1)c1ccc(NC(CO)Cc2c[nH]c3ccccc23)nc1. The van der Waals surface area contributed by atoms with E-state index >= 15 is 0 Å². The molecule has 0 saturated carbocycles. The van der Waals surface area contributed by atoms with Gasteiger partial charge in [-0.25, -0.2) is 4.98 Å². The van der Waals surface area contributed by atoms with E-state index in [0.717, 1.165) is 16.5 Å². The molecule has 0 aliphatic rings. The molecule has 1 aromatic carbocycles. The second-order valence-corrected chi connectivity index (χ2v) is 7.05. The first-order valence-corrected chi connectivity index (χ1v) is 9.57. The van der Waals surface area contributed by atoms with E-state index < -0.39 is 0 Å². The number of aliphatic hydroxyl groups excluding tert-OH is 1. The predicted octanol–water partition coefficient (Wildman–Crippen LogP) is 2.68. The molecule has 0 saturated heterocycles. The highest BCUT2D eigenvalue weighted by Crippen LogP contribution is 2.20. The molecule has 0 aliphatic heterocycles. The van der Waals surface area contributed by atoms with Gasteiger partial charge in [-0.05, 0) is 30.2 Å². The second-order valence-electron chi connectivity index (χ2n) is 6.22. The number of rotatable bonds is 7. The molecule has 28 heavy (non-hydrogen) atoms. The number of aliphatic hydroxyl groups is 1. The number of pyridine rings is 1. The third-order valence-corrected chi connectivity index (χ3v) is 4.93. The van der Waals surface area contributed by atoms with E-state index in [0.29, 0.717) is 22.9 Å². The fourth-order valence-corrected chi connectivity index (χ4v) is 3.39. The Bertz CT molecular complexity index is 1060. The van der Waals surface area contributed by atoms with Gasteiger partial charge in [0, 0.05) is 23.3 Å². The van der Waals surface area contributed by atoms with Gasteiger partial charge in [0.2, 0.25) is 5.13 Å². The van der Waals surface area contributed by atoms with Crippen LogP contribution in [0.25, 0.3) is 10.9 Å². The molecule has 3 heterocycles. The Morgan fingerprint density at radius 2 is 2.14 bits per heavy atom. The second kappa shape index (κ2) is 8.15. The lowest BCUT2D eigenvalue weighted by Gasteiger charge is -2.16. The highest BCUT2D eigenvalue weighted by Gasteiger charge is 2.13. The van der Waals surface area contributed by atoms with Crippen LogP contribution in [-0.4, -0.2) is 43.8 Å². The quantitative estimate of drug-likeness (QED) is 0.383. The first-order valence-electron chi connectivity index (χ1n) is 8.69. The Hall–Kier alpha value is -3.30. The van der Waals surface area contributed by atoms with Crippen LogP contribution in [0.4, 0.5) is 10.9 Å². The number of amides is 1. The molecule has 0 radical (unpaired) electrons. The molecule has 1 unspecified atom stereocenters. The summed E-state index contributed by atoms with van der Waals surface area (Å²) in [7, 11) is 0. The molecule has 0 aliphatic carbocycles. The zero-order valence-electron chi connectivity index (χ0n) is 14.8. The van der Waals surface area contributed by atoms with Crippen molar-refractivity contribution in [1.82, 2.24) is 20.2 Å². The molecule has 8 nitrogen and oxygen atoms in total. The summed E-state index contributed by atoms with van der Waals surface area (Å²) in [5.41, 5.74) is 4.15. The number of para-hydroxylation sites is 1. The highest BCUT2D eigenvalue weighted by molar-refractivity contribution is 7.13. The van der Waals surface area contributed by atoms with Crippen molar-refractivity contribution in [1.29, 1.82) is 0 Å². The van der Waals surface area contributed by atoms with Crippen LogP contribution in [0.1, 0.15) is 15.9 Å². The number of carbonyl (C=O) groups is 1. The summed E-state index contributed by atoms with van der Waals surface area (Å²) in [4.78, 5) is 19.7. The number of nitrogens with one attached hydrogen (secondary N) is 3. The lowest BCUT2D eigenvalue weighted by molar-refractivity contribution is 0.102. The smallest absolute Gasteiger partial charge is 0.259 e. The summed E-state index contributed by atoms with van der Waals surface area (Å²) >= 11 is 1.25. The Morgan fingerprint density at radius 3 is 2.89 bits per heavy atom. The van der Waals surface area contributed by atoms with Gasteiger partial charge in [-0.2, -0.15) is 0 Å². The average Bonchev–Trinajstić information content (AvgIpc) is 3.38. The Labute approximate surface area is 164 Å². The van der Waals surface area contributed by atoms with Crippen molar-refractivity contribution in [2.75, 3.05) is 17.2 Å². The molecule has 4 aromatic rings.